The molecule has 0 aliphatic rings. The van der Waals surface area contributed by atoms with Crippen molar-refractivity contribution in [2.24, 2.45) is 5.92 Å². The minimum absolute atomic E-state index is 0.121. The van der Waals surface area contributed by atoms with Crippen LogP contribution in [0.15, 0.2) is 0 Å². The molecule has 0 aromatic heterocycles. The zero-order valence-electron chi connectivity index (χ0n) is 11.8. The van der Waals surface area contributed by atoms with Crippen LogP contribution < -0.4 is 10.6 Å². The van der Waals surface area contributed by atoms with Gasteiger partial charge in [0.15, 0.2) is 0 Å². The van der Waals surface area contributed by atoms with E-state index < -0.39 is 12.0 Å². The number of carbonyl (C=O) groups is 2. The summed E-state index contributed by atoms with van der Waals surface area (Å²) in [5.74, 6) is -0.363. The molecule has 0 saturated carbocycles. The lowest BCUT2D eigenvalue weighted by Crippen LogP contribution is -2.51. The third-order valence-electron chi connectivity index (χ3n) is 2.60. The van der Waals surface area contributed by atoms with Crippen LogP contribution in [0, 0.1) is 5.92 Å². The van der Waals surface area contributed by atoms with Gasteiger partial charge in [0.25, 0.3) is 0 Å². The second-order valence-corrected chi connectivity index (χ2v) is 4.49. The van der Waals surface area contributed by atoms with Crippen LogP contribution >= 0.6 is 0 Å². The highest BCUT2D eigenvalue weighted by Crippen LogP contribution is 2.02. The van der Waals surface area contributed by atoms with Gasteiger partial charge in [-0.05, 0) is 5.92 Å². The maximum absolute atomic E-state index is 11.5. The molecule has 0 rings (SSSR count). The summed E-state index contributed by atoms with van der Waals surface area (Å²) in [6.45, 7) is 6.35. The van der Waals surface area contributed by atoms with Crippen molar-refractivity contribution in [3.05, 3.63) is 0 Å². The van der Waals surface area contributed by atoms with Crippen LogP contribution in [0.1, 0.15) is 20.8 Å². The van der Waals surface area contributed by atoms with Gasteiger partial charge in [-0.3, -0.25) is 4.79 Å². The monoisotopic (exact) mass is 260 g/mol. The zero-order chi connectivity index (χ0) is 14.1. The van der Waals surface area contributed by atoms with Crippen LogP contribution in [0.3, 0.4) is 0 Å². The van der Waals surface area contributed by atoms with Crippen molar-refractivity contribution in [2.45, 2.75) is 32.9 Å². The van der Waals surface area contributed by atoms with E-state index in [9.17, 15) is 9.59 Å². The van der Waals surface area contributed by atoms with Gasteiger partial charge in [-0.2, -0.15) is 0 Å². The van der Waals surface area contributed by atoms with E-state index in [0.29, 0.717) is 19.1 Å². The molecule has 0 fully saturated rings. The van der Waals surface area contributed by atoms with E-state index in [1.165, 1.54) is 14.0 Å². The average molecular weight is 260 g/mol. The Morgan fingerprint density at radius 1 is 1.22 bits per heavy atom. The Kier molecular flexibility index (Phi) is 8.32. The molecular weight excluding hydrogens is 236 g/mol. The third-order valence-corrected chi connectivity index (χ3v) is 2.60. The molecule has 106 valence electrons. The standard InChI is InChI=1S/C12H24N2O4/c1-8(2)11(7-17-4)13-6-10(12(16)18-5)14-9(3)15/h8,10-11,13H,6-7H2,1-5H3,(H,14,15). The van der Waals surface area contributed by atoms with Crippen LogP contribution in [0.4, 0.5) is 0 Å². The number of esters is 1. The summed E-state index contributed by atoms with van der Waals surface area (Å²) in [6, 6.07) is -0.554. The third kappa shape index (κ3) is 6.56. The van der Waals surface area contributed by atoms with Gasteiger partial charge >= 0.3 is 5.97 Å². The lowest BCUT2D eigenvalue weighted by Gasteiger charge is -2.24. The summed E-state index contributed by atoms with van der Waals surface area (Å²) in [6.07, 6.45) is 0. The van der Waals surface area contributed by atoms with Gasteiger partial charge in [0.1, 0.15) is 6.04 Å². The van der Waals surface area contributed by atoms with Crippen molar-refractivity contribution < 1.29 is 19.1 Å². The molecule has 0 aliphatic heterocycles. The van der Waals surface area contributed by atoms with E-state index in [-0.39, 0.29) is 11.9 Å². The summed E-state index contributed by atoms with van der Waals surface area (Å²) < 4.78 is 9.74. The summed E-state index contributed by atoms with van der Waals surface area (Å²) in [5.41, 5.74) is 0. The molecule has 0 saturated heterocycles. The van der Waals surface area contributed by atoms with E-state index in [1.54, 1.807) is 7.11 Å². The Morgan fingerprint density at radius 2 is 1.83 bits per heavy atom. The fourth-order valence-corrected chi connectivity index (χ4v) is 1.52. The van der Waals surface area contributed by atoms with E-state index in [1.807, 2.05) is 0 Å². The van der Waals surface area contributed by atoms with Gasteiger partial charge in [0, 0.05) is 26.6 Å². The lowest BCUT2D eigenvalue weighted by molar-refractivity contribution is -0.144. The first kappa shape index (κ1) is 16.9. The second kappa shape index (κ2) is 8.88. The molecule has 6 heteroatoms. The molecule has 0 bridgehead atoms. The predicted octanol–water partition coefficient (Wildman–Crippen LogP) is -0.0753. The summed E-state index contributed by atoms with van der Waals surface area (Å²) >= 11 is 0. The maximum Gasteiger partial charge on any atom is 0.329 e. The summed E-state index contributed by atoms with van der Waals surface area (Å²) in [5, 5.41) is 5.75. The Labute approximate surface area is 108 Å². The number of ether oxygens (including phenoxy) is 2. The van der Waals surface area contributed by atoms with Crippen molar-refractivity contribution in [1.29, 1.82) is 0 Å². The molecule has 2 unspecified atom stereocenters. The largest absolute Gasteiger partial charge is 0.467 e. The zero-order valence-corrected chi connectivity index (χ0v) is 11.8. The van der Waals surface area contributed by atoms with Gasteiger partial charge in [0.2, 0.25) is 5.91 Å². The van der Waals surface area contributed by atoms with Crippen LogP contribution in [0.25, 0.3) is 0 Å². The van der Waals surface area contributed by atoms with E-state index in [2.05, 4.69) is 29.2 Å². The molecule has 6 nitrogen and oxygen atoms in total. The normalized spacial score (nSPS) is 14.1. The maximum atomic E-state index is 11.5. The molecule has 0 radical (unpaired) electrons. The van der Waals surface area contributed by atoms with E-state index >= 15 is 0 Å². The van der Waals surface area contributed by atoms with Crippen LogP contribution in [-0.4, -0.2) is 51.3 Å². The Balaban J connectivity index is 4.38. The molecular formula is C12H24N2O4. The molecule has 18 heavy (non-hydrogen) atoms. The number of nitrogens with one attached hydrogen (secondary N) is 2. The molecule has 0 aromatic carbocycles. The average Bonchev–Trinajstić information content (AvgIpc) is 2.30. The quantitative estimate of drug-likeness (QED) is 0.597. The Hall–Kier alpha value is -1.14. The highest BCUT2D eigenvalue weighted by molar-refractivity contribution is 5.83. The number of hydrogen-bond donors (Lipinski definition) is 2. The molecule has 0 heterocycles. The van der Waals surface area contributed by atoms with Crippen LogP contribution in [0.2, 0.25) is 0 Å². The number of hydrogen-bond acceptors (Lipinski definition) is 5. The molecule has 1 amide bonds. The molecule has 2 N–H and O–H groups in total. The first-order valence-electron chi connectivity index (χ1n) is 5.99. The summed E-state index contributed by atoms with van der Waals surface area (Å²) in [4.78, 5) is 22.5. The van der Waals surface area contributed by atoms with Crippen molar-refractivity contribution in [1.82, 2.24) is 10.6 Å². The lowest BCUT2D eigenvalue weighted by atomic mass is 10.1. The fourth-order valence-electron chi connectivity index (χ4n) is 1.52. The molecule has 2 atom stereocenters. The van der Waals surface area contributed by atoms with E-state index in [4.69, 9.17) is 4.74 Å². The van der Waals surface area contributed by atoms with E-state index in [0.717, 1.165) is 0 Å². The molecule has 0 aromatic rings. The predicted molar refractivity (Wildman–Crippen MR) is 68.1 cm³/mol. The highest BCUT2D eigenvalue weighted by Gasteiger charge is 2.22. The second-order valence-electron chi connectivity index (χ2n) is 4.49. The van der Waals surface area contributed by atoms with Crippen molar-refractivity contribution in [2.75, 3.05) is 27.4 Å². The highest BCUT2D eigenvalue weighted by atomic mass is 16.5. The van der Waals surface area contributed by atoms with Crippen LogP contribution in [-0.2, 0) is 19.1 Å². The van der Waals surface area contributed by atoms with Crippen molar-refractivity contribution in [3.8, 4) is 0 Å². The number of amides is 1. The smallest absolute Gasteiger partial charge is 0.329 e. The fraction of sp³-hybridized carbons (Fsp3) is 0.833. The SMILES string of the molecule is COCC(NCC(NC(C)=O)C(=O)OC)C(C)C. The first-order chi connectivity index (χ1) is 8.42. The Morgan fingerprint density at radius 3 is 2.22 bits per heavy atom. The minimum Gasteiger partial charge on any atom is -0.467 e. The number of methoxy groups -OCH3 is 2. The molecule has 0 aliphatic carbocycles. The van der Waals surface area contributed by atoms with Crippen molar-refractivity contribution in [3.63, 3.8) is 0 Å². The van der Waals surface area contributed by atoms with Gasteiger partial charge in [-0.25, -0.2) is 4.79 Å². The topological polar surface area (TPSA) is 76.7 Å². The Bertz CT molecular complexity index is 269. The van der Waals surface area contributed by atoms with Gasteiger partial charge < -0.3 is 20.1 Å². The molecule has 0 spiro atoms. The number of carbonyl (C=O) groups excluding carboxylic acids is 2. The first-order valence-corrected chi connectivity index (χ1v) is 5.99. The van der Waals surface area contributed by atoms with Gasteiger partial charge in [-0.15, -0.1) is 0 Å². The number of rotatable bonds is 8. The summed E-state index contributed by atoms with van der Waals surface area (Å²) in [7, 11) is 2.93. The minimum atomic E-state index is -0.675. The van der Waals surface area contributed by atoms with Crippen molar-refractivity contribution >= 4 is 11.9 Å². The van der Waals surface area contributed by atoms with Crippen LogP contribution in [0.5, 0.6) is 0 Å². The van der Waals surface area contributed by atoms with Gasteiger partial charge in [0.05, 0.1) is 13.7 Å². The van der Waals surface area contributed by atoms with Gasteiger partial charge in [-0.1, -0.05) is 13.8 Å².